The van der Waals surface area contributed by atoms with Gasteiger partial charge in [0.15, 0.2) is 5.84 Å². The molecule has 5 heteroatoms. The highest BCUT2D eigenvalue weighted by Gasteiger charge is 2.19. The molecular weight excluding hydrogens is 218 g/mol. The van der Waals surface area contributed by atoms with Crippen molar-refractivity contribution in [1.29, 1.82) is 0 Å². The average molecular weight is 233 g/mol. The fourth-order valence-corrected chi connectivity index (χ4v) is 1.97. The van der Waals surface area contributed by atoms with E-state index in [1.807, 2.05) is 6.07 Å². The summed E-state index contributed by atoms with van der Waals surface area (Å²) in [5.41, 5.74) is 6.94. The predicted octanol–water partition coefficient (Wildman–Crippen LogP) is 1.30. The van der Waals surface area contributed by atoms with Crippen LogP contribution >= 0.6 is 0 Å². The first kappa shape index (κ1) is 11.4. The van der Waals surface area contributed by atoms with Gasteiger partial charge < -0.3 is 15.8 Å². The first-order valence-corrected chi connectivity index (χ1v) is 5.60. The maximum Gasteiger partial charge on any atom is 0.226 e. The maximum absolute atomic E-state index is 11.8. The molecule has 0 saturated carbocycles. The van der Waals surface area contributed by atoms with Crippen molar-refractivity contribution in [3.63, 3.8) is 0 Å². The molecule has 0 aliphatic carbocycles. The molecule has 0 spiro atoms. The van der Waals surface area contributed by atoms with Crippen LogP contribution in [-0.4, -0.2) is 23.5 Å². The summed E-state index contributed by atoms with van der Waals surface area (Å²) in [5.74, 6) is 0.184. The van der Waals surface area contributed by atoms with E-state index in [9.17, 15) is 4.79 Å². The van der Waals surface area contributed by atoms with E-state index in [1.165, 1.54) is 0 Å². The number of hydrogen-bond donors (Lipinski definition) is 2. The van der Waals surface area contributed by atoms with E-state index in [-0.39, 0.29) is 11.7 Å². The number of hydrogen-bond acceptors (Lipinski definition) is 3. The molecule has 5 nitrogen and oxygen atoms in total. The Morgan fingerprint density at radius 3 is 2.94 bits per heavy atom. The molecule has 1 aromatic carbocycles. The Labute approximate surface area is 99.5 Å². The van der Waals surface area contributed by atoms with E-state index in [2.05, 4.69) is 5.16 Å². The van der Waals surface area contributed by atoms with Crippen LogP contribution in [0.15, 0.2) is 29.4 Å². The van der Waals surface area contributed by atoms with Gasteiger partial charge >= 0.3 is 0 Å². The van der Waals surface area contributed by atoms with Crippen molar-refractivity contribution >= 4 is 17.4 Å². The van der Waals surface area contributed by atoms with E-state index < -0.39 is 0 Å². The zero-order valence-corrected chi connectivity index (χ0v) is 9.47. The minimum Gasteiger partial charge on any atom is -0.409 e. The number of amides is 1. The van der Waals surface area contributed by atoms with Gasteiger partial charge in [0.2, 0.25) is 5.91 Å². The molecule has 0 radical (unpaired) electrons. The number of benzene rings is 1. The lowest BCUT2D eigenvalue weighted by Gasteiger charge is -2.27. The Bertz CT molecular complexity index is 457. The van der Waals surface area contributed by atoms with Gasteiger partial charge in [-0.15, -0.1) is 0 Å². The Balaban J connectivity index is 2.29. The van der Waals surface area contributed by atoms with Crippen LogP contribution in [0.5, 0.6) is 0 Å². The second-order valence-electron chi connectivity index (χ2n) is 4.04. The summed E-state index contributed by atoms with van der Waals surface area (Å²) in [4.78, 5) is 13.5. The Hall–Kier alpha value is -2.04. The lowest BCUT2D eigenvalue weighted by molar-refractivity contribution is -0.119. The molecule has 90 valence electrons. The SMILES string of the molecule is N/C(=N\O)c1cccc(N2CCCCC2=O)c1. The summed E-state index contributed by atoms with van der Waals surface area (Å²) >= 11 is 0. The van der Waals surface area contributed by atoms with Gasteiger partial charge in [0.05, 0.1) is 0 Å². The van der Waals surface area contributed by atoms with Crippen LogP contribution in [0.3, 0.4) is 0 Å². The number of piperidine rings is 1. The summed E-state index contributed by atoms with van der Waals surface area (Å²) in [6, 6.07) is 7.16. The van der Waals surface area contributed by atoms with Gasteiger partial charge in [0.1, 0.15) is 0 Å². The van der Waals surface area contributed by atoms with Crippen LogP contribution in [0, 0.1) is 0 Å². The highest BCUT2D eigenvalue weighted by atomic mass is 16.4. The molecule has 3 N–H and O–H groups in total. The number of amidine groups is 1. The molecule has 1 aromatic rings. The zero-order valence-electron chi connectivity index (χ0n) is 9.47. The van der Waals surface area contributed by atoms with E-state index in [1.54, 1.807) is 23.1 Å². The number of carbonyl (C=O) groups excluding carboxylic acids is 1. The minimum absolute atomic E-state index is 0.0521. The normalized spacial score (nSPS) is 17.3. The largest absolute Gasteiger partial charge is 0.409 e. The summed E-state index contributed by atoms with van der Waals surface area (Å²) in [6.45, 7) is 0.735. The van der Waals surface area contributed by atoms with Gasteiger partial charge in [-0.2, -0.15) is 0 Å². The molecule has 0 unspecified atom stereocenters. The number of nitrogens with zero attached hydrogens (tertiary/aromatic N) is 2. The van der Waals surface area contributed by atoms with E-state index in [0.29, 0.717) is 12.0 Å². The van der Waals surface area contributed by atoms with Gasteiger partial charge in [-0.3, -0.25) is 4.79 Å². The monoisotopic (exact) mass is 233 g/mol. The second-order valence-corrected chi connectivity index (χ2v) is 4.04. The van der Waals surface area contributed by atoms with E-state index in [4.69, 9.17) is 10.9 Å². The van der Waals surface area contributed by atoms with Crippen LogP contribution in [-0.2, 0) is 4.79 Å². The molecule has 0 bridgehead atoms. The topological polar surface area (TPSA) is 78.9 Å². The van der Waals surface area contributed by atoms with Crippen LogP contribution in [0.2, 0.25) is 0 Å². The predicted molar refractivity (Wildman–Crippen MR) is 65.2 cm³/mol. The molecule has 1 amide bonds. The van der Waals surface area contributed by atoms with Gasteiger partial charge in [-0.25, -0.2) is 0 Å². The molecule has 1 heterocycles. The van der Waals surface area contributed by atoms with Crippen molar-refractivity contribution in [2.75, 3.05) is 11.4 Å². The summed E-state index contributed by atoms with van der Waals surface area (Å²) < 4.78 is 0. The van der Waals surface area contributed by atoms with Crippen LogP contribution in [0.1, 0.15) is 24.8 Å². The van der Waals surface area contributed by atoms with Gasteiger partial charge in [0.25, 0.3) is 0 Å². The number of anilines is 1. The van der Waals surface area contributed by atoms with Crippen molar-refractivity contribution in [1.82, 2.24) is 0 Å². The van der Waals surface area contributed by atoms with Crippen molar-refractivity contribution < 1.29 is 10.0 Å². The first-order valence-electron chi connectivity index (χ1n) is 5.60. The molecule has 1 aliphatic rings. The minimum atomic E-state index is 0.0521. The highest BCUT2D eigenvalue weighted by molar-refractivity contribution is 6.00. The Morgan fingerprint density at radius 2 is 2.24 bits per heavy atom. The van der Waals surface area contributed by atoms with Gasteiger partial charge in [0, 0.05) is 24.2 Å². The first-order chi connectivity index (χ1) is 8.22. The molecule has 17 heavy (non-hydrogen) atoms. The van der Waals surface area contributed by atoms with Crippen LogP contribution in [0.4, 0.5) is 5.69 Å². The Morgan fingerprint density at radius 1 is 1.41 bits per heavy atom. The highest BCUT2D eigenvalue weighted by Crippen LogP contribution is 2.21. The molecule has 1 aliphatic heterocycles. The smallest absolute Gasteiger partial charge is 0.226 e. The number of rotatable bonds is 2. The van der Waals surface area contributed by atoms with Crippen molar-refractivity contribution in [3.05, 3.63) is 29.8 Å². The van der Waals surface area contributed by atoms with Gasteiger partial charge in [-0.05, 0) is 25.0 Å². The zero-order chi connectivity index (χ0) is 12.3. The fourth-order valence-electron chi connectivity index (χ4n) is 1.97. The van der Waals surface area contributed by atoms with Crippen molar-refractivity contribution in [3.8, 4) is 0 Å². The van der Waals surface area contributed by atoms with Crippen molar-refractivity contribution in [2.45, 2.75) is 19.3 Å². The lowest BCUT2D eigenvalue weighted by Crippen LogP contribution is -2.35. The van der Waals surface area contributed by atoms with E-state index >= 15 is 0 Å². The quantitative estimate of drug-likeness (QED) is 0.350. The fraction of sp³-hybridized carbons (Fsp3) is 0.333. The third-order valence-electron chi connectivity index (χ3n) is 2.88. The molecule has 0 atom stereocenters. The second kappa shape index (κ2) is 4.86. The number of oxime groups is 1. The average Bonchev–Trinajstić information content (AvgIpc) is 2.38. The summed E-state index contributed by atoms with van der Waals surface area (Å²) in [5, 5.41) is 11.6. The molecule has 2 rings (SSSR count). The lowest BCUT2D eigenvalue weighted by atomic mass is 10.1. The maximum atomic E-state index is 11.8. The molecular formula is C12H15N3O2. The molecule has 0 aromatic heterocycles. The third kappa shape index (κ3) is 2.38. The van der Waals surface area contributed by atoms with Crippen LogP contribution in [0.25, 0.3) is 0 Å². The van der Waals surface area contributed by atoms with Crippen LogP contribution < -0.4 is 10.6 Å². The van der Waals surface area contributed by atoms with Crippen molar-refractivity contribution in [2.24, 2.45) is 10.9 Å². The summed E-state index contributed by atoms with van der Waals surface area (Å²) in [7, 11) is 0. The molecule has 1 saturated heterocycles. The third-order valence-corrected chi connectivity index (χ3v) is 2.88. The number of nitrogens with two attached hydrogens (primary N) is 1. The number of carbonyl (C=O) groups is 1. The van der Waals surface area contributed by atoms with E-state index in [0.717, 1.165) is 25.1 Å². The molecule has 1 fully saturated rings. The van der Waals surface area contributed by atoms with Gasteiger partial charge in [-0.1, -0.05) is 17.3 Å². The standard InChI is InChI=1S/C12H15N3O2/c13-12(14-17)9-4-3-5-10(8-9)15-7-2-1-6-11(15)16/h3-5,8,17H,1-2,6-7H2,(H2,13,14). The summed E-state index contributed by atoms with van der Waals surface area (Å²) in [6.07, 6.45) is 2.56. The Kier molecular flexibility index (Phi) is 3.27.